The van der Waals surface area contributed by atoms with Gasteiger partial charge in [-0.15, -0.1) is 0 Å². The lowest BCUT2D eigenvalue weighted by atomic mass is 10.2. The number of aliphatic hydroxyl groups is 1. The fourth-order valence-corrected chi connectivity index (χ4v) is 2.68. The highest BCUT2D eigenvalue weighted by molar-refractivity contribution is 7.89. The molecule has 7 heteroatoms. The minimum absolute atomic E-state index is 0.0764. The Hall–Kier alpha value is -0.820. The van der Waals surface area contributed by atoms with Crippen LogP contribution in [0.15, 0.2) is 17.0 Å². The summed E-state index contributed by atoms with van der Waals surface area (Å²) in [6, 6.07) is 2.78. The molecular weight excluding hydrogens is 276 g/mol. The molecule has 1 aromatic carbocycles. The number of aliphatic hydroxyl groups excluding tert-OH is 1. The monoisotopic (exact) mass is 292 g/mol. The molecule has 1 unspecified atom stereocenters. The maximum atomic E-state index is 11.9. The summed E-state index contributed by atoms with van der Waals surface area (Å²) in [6.07, 6.45) is -0.203. The highest BCUT2D eigenvalue weighted by Gasteiger charge is 2.16. The molecule has 0 aromatic heterocycles. The van der Waals surface area contributed by atoms with E-state index in [9.17, 15) is 8.42 Å². The number of hydrogen-bond acceptors (Lipinski definition) is 4. The van der Waals surface area contributed by atoms with Crippen LogP contribution in [0.25, 0.3) is 0 Å². The molecule has 0 spiro atoms. The molecule has 0 aliphatic rings. The third-order valence-corrected chi connectivity index (χ3v) is 4.38. The smallest absolute Gasteiger partial charge is 0.240 e. The van der Waals surface area contributed by atoms with Crippen LogP contribution in [0.5, 0.6) is 0 Å². The number of rotatable bonds is 5. The molecule has 1 aromatic rings. The first kappa shape index (κ1) is 15.2. The van der Waals surface area contributed by atoms with Crippen LogP contribution in [-0.2, 0) is 10.0 Å². The van der Waals surface area contributed by atoms with Crippen molar-refractivity contribution in [2.24, 2.45) is 0 Å². The highest BCUT2D eigenvalue weighted by Crippen LogP contribution is 2.26. The van der Waals surface area contributed by atoms with Gasteiger partial charge < -0.3 is 10.8 Å². The number of halogens is 1. The second-order valence-electron chi connectivity index (χ2n) is 4.18. The lowest BCUT2D eigenvalue weighted by Gasteiger charge is -2.10. The van der Waals surface area contributed by atoms with Crippen LogP contribution in [0.3, 0.4) is 0 Å². The minimum atomic E-state index is -3.62. The molecule has 4 N–H and O–H groups in total. The van der Waals surface area contributed by atoms with Crippen molar-refractivity contribution in [3.05, 3.63) is 22.7 Å². The molecule has 0 saturated heterocycles. The predicted molar refractivity (Wildman–Crippen MR) is 72.1 cm³/mol. The van der Waals surface area contributed by atoms with Crippen molar-refractivity contribution < 1.29 is 13.5 Å². The van der Waals surface area contributed by atoms with E-state index in [-0.39, 0.29) is 17.1 Å². The third-order valence-electron chi connectivity index (χ3n) is 2.42. The number of aryl methyl sites for hydroxylation is 1. The molecule has 0 radical (unpaired) electrons. The summed E-state index contributed by atoms with van der Waals surface area (Å²) in [5.74, 6) is 0. The first-order valence-electron chi connectivity index (χ1n) is 5.47. The zero-order valence-electron chi connectivity index (χ0n) is 10.3. The van der Waals surface area contributed by atoms with Gasteiger partial charge in [0.05, 0.1) is 21.7 Å². The standard InChI is InChI=1S/C11H17ClN2O3S/c1-7-5-9(6-10(13)11(7)12)18(16,17)14-4-3-8(2)15/h5-6,8,14-15H,3-4,13H2,1-2H3. The van der Waals surface area contributed by atoms with Crippen LogP contribution in [0.4, 0.5) is 5.69 Å². The average molecular weight is 293 g/mol. The van der Waals surface area contributed by atoms with Crippen LogP contribution in [0.2, 0.25) is 5.02 Å². The Morgan fingerprint density at radius 1 is 1.50 bits per heavy atom. The molecule has 0 bridgehead atoms. The molecule has 0 saturated carbocycles. The number of nitrogens with one attached hydrogen (secondary N) is 1. The Morgan fingerprint density at radius 3 is 2.61 bits per heavy atom. The lowest BCUT2D eigenvalue weighted by Crippen LogP contribution is -2.27. The van der Waals surface area contributed by atoms with Crippen LogP contribution in [0.1, 0.15) is 18.9 Å². The maximum Gasteiger partial charge on any atom is 0.240 e. The Kier molecular flexibility index (Phi) is 4.98. The zero-order chi connectivity index (χ0) is 13.9. The molecule has 0 aliphatic carbocycles. The number of benzene rings is 1. The van der Waals surface area contributed by atoms with Crippen molar-refractivity contribution in [3.63, 3.8) is 0 Å². The zero-order valence-corrected chi connectivity index (χ0v) is 11.8. The Morgan fingerprint density at radius 2 is 2.11 bits per heavy atom. The van der Waals surface area contributed by atoms with Crippen LogP contribution < -0.4 is 10.5 Å². The van der Waals surface area contributed by atoms with E-state index in [4.69, 9.17) is 22.4 Å². The predicted octanol–water partition coefficient (Wildman–Crippen LogP) is 1.28. The van der Waals surface area contributed by atoms with Gasteiger partial charge in [0.15, 0.2) is 0 Å². The molecule has 0 amide bonds. The van der Waals surface area contributed by atoms with E-state index in [1.807, 2.05) is 0 Å². The van der Waals surface area contributed by atoms with Crippen molar-refractivity contribution >= 4 is 27.3 Å². The third kappa shape index (κ3) is 3.84. The molecule has 1 atom stereocenters. The highest BCUT2D eigenvalue weighted by atomic mass is 35.5. The fourth-order valence-electron chi connectivity index (χ4n) is 1.40. The van der Waals surface area contributed by atoms with E-state index in [0.717, 1.165) is 0 Å². The lowest BCUT2D eigenvalue weighted by molar-refractivity contribution is 0.186. The van der Waals surface area contributed by atoms with Crippen molar-refractivity contribution in [2.45, 2.75) is 31.3 Å². The van der Waals surface area contributed by atoms with E-state index < -0.39 is 16.1 Å². The topological polar surface area (TPSA) is 92.4 Å². The number of hydrogen-bond donors (Lipinski definition) is 3. The molecule has 1 rings (SSSR count). The Labute approximate surface area is 112 Å². The van der Waals surface area contributed by atoms with Crippen molar-refractivity contribution in [1.29, 1.82) is 0 Å². The summed E-state index contributed by atoms with van der Waals surface area (Å²) in [4.78, 5) is 0.0764. The number of nitrogens with two attached hydrogens (primary N) is 1. The van der Waals surface area contributed by atoms with Crippen LogP contribution in [0, 0.1) is 6.92 Å². The second-order valence-corrected chi connectivity index (χ2v) is 6.32. The Bertz CT molecular complexity index is 506. The van der Waals surface area contributed by atoms with Gasteiger partial charge in [-0.25, -0.2) is 13.1 Å². The largest absolute Gasteiger partial charge is 0.397 e. The number of nitrogen functional groups attached to an aromatic ring is 1. The van der Waals surface area contributed by atoms with E-state index in [1.54, 1.807) is 13.8 Å². The van der Waals surface area contributed by atoms with Gasteiger partial charge in [0.25, 0.3) is 0 Å². The summed E-state index contributed by atoms with van der Waals surface area (Å²) >= 11 is 5.87. The van der Waals surface area contributed by atoms with Crippen molar-refractivity contribution in [2.75, 3.05) is 12.3 Å². The molecule has 0 heterocycles. The fraction of sp³-hybridized carbons (Fsp3) is 0.455. The first-order chi connectivity index (χ1) is 8.24. The van der Waals surface area contributed by atoms with Gasteiger partial charge in [-0.05, 0) is 38.0 Å². The van der Waals surface area contributed by atoms with Gasteiger partial charge in [-0.3, -0.25) is 0 Å². The second kappa shape index (κ2) is 5.88. The van der Waals surface area contributed by atoms with Gasteiger partial charge >= 0.3 is 0 Å². The SMILES string of the molecule is Cc1cc(S(=O)(=O)NCCC(C)O)cc(N)c1Cl. The Balaban J connectivity index is 2.92. The molecule has 0 fully saturated rings. The van der Waals surface area contributed by atoms with Crippen LogP contribution >= 0.6 is 11.6 Å². The summed E-state index contributed by atoms with van der Waals surface area (Å²) < 4.78 is 26.3. The van der Waals surface area contributed by atoms with Gasteiger partial charge in [0.2, 0.25) is 10.0 Å². The number of sulfonamides is 1. The van der Waals surface area contributed by atoms with Crippen molar-refractivity contribution in [1.82, 2.24) is 4.72 Å². The summed E-state index contributed by atoms with van der Waals surface area (Å²) in [5.41, 5.74) is 6.46. The van der Waals surface area contributed by atoms with Gasteiger partial charge in [0, 0.05) is 6.54 Å². The van der Waals surface area contributed by atoms with E-state index >= 15 is 0 Å². The minimum Gasteiger partial charge on any atom is -0.397 e. The molecule has 0 aliphatic heterocycles. The van der Waals surface area contributed by atoms with Crippen molar-refractivity contribution in [3.8, 4) is 0 Å². The molecular formula is C11H17ClN2O3S. The van der Waals surface area contributed by atoms with E-state index in [0.29, 0.717) is 17.0 Å². The average Bonchev–Trinajstić information content (AvgIpc) is 2.24. The van der Waals surface area contributed by atoms with E-state index in [1.165, 1.54) is 12.1 Å². The maximum absolute atomic E-state index is 11.9. The van der Waals surface area contributed by atoms with Gasteiger partial charge in [0.1, 0.15) is 0 Å². The summed E-state index contributed by atoms with van der Waals surface area (Å²) in [7, 11) is -3.62. The quantitative estimate of drug-likeness (QED) is 0.713. The normalized spacial score (nSPS) is 13.6. The van der Waals surface area contributed by atoms with Gasteiger partial charge in [-0.2, -0.15) is 0 Å². The number of anilines is 1. The summed E-state index contributed by atoms with van der Waals surface area (Å²) in [5, 5.41) is 9.43. The van der Waals surface area contributed by atoms with Crippen LogP contribution in [-0.4, -0.2) is 26.2 Å². The first-order valence-corrected chi connectivity index (χ1v) is 7.33. The summed E-state index contributed by atoms with van der Waals surface area (Å²) in [6.45, 7) is 3.45. The van der Waals surface area contributed by atoms with E-state index in [2.05, 4.69) is 4.72 Å². The molecule has 102 valence electrons. The molecule has 18 heavy (non-hydrogen) atoms. The molecule has 5 nitrogen and oxygen atoms in total. The van der Waals surface area contributed by atoms with Gasteiger partial charge in [-0.1, -0.05) is 11.6 Å².